The van der Waals surface area contributed by atoms with E-state index < -0.39 is 22.4 Å². The normalized spacial score (nSPS) is 16.5. The Balaban J connectivity index is 1.63. The van der Waals surface area contributed by atoms with E-state index in [0.717, 1.165) is 32.0 Å². The molecule has 1 amide bonds. The van der Waals surface area contributed by atoms with Crippen LogP contribution in [0, 0.1) is 17.6 Å². The summed E-state index contributed by atoms with van der Waals surface area (Å²) >= 11 is 0. The van der Waals surface area contributed by atoms with Gasteiger partial charge < -0.3 is 4.90 Å². The Labute approximate surface area is 154 Å². The first-order valence-corrected chi connectivity index (χ1v) is 9.95. The molecule has 1 unspecified atom stereocenters. The van der Waals surface area contributed by atoms with Gasteiger partial charge in [-0.25, -0.2) is 8.78 Å². The molecule has 0 saturated carbocycles. The number of carbonyl (C=O) groups is 1. The van der Waals surface area contributed by atoms with Gasteiger partial charge in [0.1, 0.15) is 11.6 Å². The van der Waals surface area contributed by atoms with Crippen LogP contribution in [0.25, 0.3) is 11.1 Å². The largest absolute Gasteiger partial charge is 0.343 e. The lowest BCUT2D eigenvalue weighted by atomic mass is 9.99. The van der Waals surface area contributed by atoms with Crippen LogP contribution in [0.3, 0.4) is 0 Å². The lowest BCUT2D eigenvalue weighted by Crippen LogP contribution is -2.38. The second kappa shape index (κ2) is 8.08. The van der Waals surface area contributed by atoms with Gasteiger partial charge in [-0.3, -0.25) is 9.00 Å². The van der Waals surface area contributed by atoms with Gasteiger partial charge in [0.05, 0.1) is 10.8 Å². The van der Waals surface area contributed by atoms with Gasteiger partial charge >= 0.3 is 0 Å². The molecule has 1 heterocycles. The number of rotatable bonds is 4. The Morgan fingerprint density at radius 2 is 1.77 bits per heavy atom. The Hall–Kier alpha value is -2.08. The predicted octanol–water partition coefficient (Wildman–Crippen LogP) is 4.00. The number of hydrogen-bond donors (Lipinski definition) is 0. The minimum Gasteiger partial charge on any atom is -0.343 e. The van der Waals surface area contributed by atoms with Gasteiger partial charge in [0, 0.05) is 42.3 Å². The quantitative estimate of drug-likeness (QED) is 0.808. The van der Waals surface area contributed by atoms with Crippen molar-refractivity contribution >= 4 is 16.7 Å². The Morgan fingerprint density at radius 1 is 1.12 bits per heavy atom. The monoisotopic (exact) mass is 377 g/mol. The van der Waals surface area contributed by atoms with Crippen LogP contribution in [-0.4, -0.2) is 33.9 Å². The van der Waals surface area contributed by atoms with Gasteiger partial charge in [0.15, 0.2) is 0 Å². The van der Waals surface area contributed by atoms with E-state index in [-0.39, 0.29) is 5.91 Å². The standard InChI is InChI=1S/C20H21F2NO2S/c1-14(24)23-10-8-15(9-11-23)13-26(25)18-5-2-16(3-6-18)19-7-4-17(21)12-20(19)22/h2-7,12,15H,8-11,13H2,1H3. The summed E-state index contributed by atoms with van der Waals surface area (Å²) in [6.45, 7) is 3.02. The van der Waals surface area contributed by atoms with Crippen molar-refractivity contribution < 1.29 is 17.8 Å². The molecule has 1 saturated heterocycles. The van der Waals surface area contributed by atoms with Gasteiger partial charge in [0.2, 0.25) is 5.91 Å². The maximum absolute atomic E-state index is 13.9. The Kier molecular flexibility index (Phi) is 5.81. The number of hydrogen-bond acceptors (Lipinski definition) is 2. The maximum Gasteiger partial charge on any atom is 0.219 e. The molecule has 1 aliphatic rings. The topological polar surface area (TPSA) is 37.4 Å². The summed E-state index contributed by atoms with van der Waals surface area (Å²) in [5.74, 6) is -0.236. The number of carbonyl (C=O) groups excluding carboxylic acids is 1. The predicted molar refractivity (Wildman–Crippen MR) is 98.0 cm³/mol. The third-order valence-corrected chi connectivity index (χ3v) is 6.38. The van der Waals surface area contributed by atoms with Crippen LogP contribution in [0.2, 0.25) is 0 Å². The van der Waals surface area contributed by atoms with Crippen LogP contribution in [0.1, 0.15) is 19.8 Å². The van der Waals surface area contributed by atoms with Gasteiger partial charge in [0.25, 0.3) is 0 Å². The van der Waals surface area contributed by atoms with Crippen LogP contribution in [0.4, 0.5) is 8.78 Å². The van der Waals surface area contributed by atoms with Crippen molar-refractivity contribution in [2.75, 3.05) is 18.8 Å². The smallest absolute Gasteiger partial charge is 0.219 e. The van der Waals surface area contributed by atoms with Crippen molar-refractivity contribution in [2.45, 2.75) is 24.7 Å². The van der Waals surface area contributed by atoms with E-state index in [1.807, 2.05) is 4.90 Å². The van der Waals surface area contributed by atoms with Crippen LogP contribution in [0.5, 0.6) is 0 Å². The maximum atomic E-state index is 13.9. The molecule has 26 heavy (non-hydrogen) atoms. The van der Waals surface area contributed by atoms with Gasteiger partial charge in [-0.1, -0.05) is 12.1 Å². The van der Waals surface area contributed by atoms with Crippen molar-refractivity contribution in [3.05, 3.63) is 54.1 Å². The van der Waals surface area contributed by atoms with Crippen LogP contribution in [-0.2, 0) is 15.6 Å². The van der Waals surface area contributed by atoms with Crippen LogP contribution >= 0.6 is 0 Å². The SMILES string of the molecule is CC(=O)N1CCC(CS(=O)c2ccc(-c3ccc(F)cc3F)cc2)CC1. The molecule has 2 aromatic carbocycles. The molecule has 0 spiro atoms. The highest BCUT2D eigenvalue weighted by molar-refractivity contribution is 7.85. The molecule has 2 aromatic rings. The highest BCUT2D eigenvalue weighted by Crippen LogP contribution is 2.26. The summed E-state index contributed by atoms with van der Waals surface area (Å²) in [6.07, 6.45) is 1.73. The Bertz CT molecular complexity index is 815. The average Bonchev–Trinajstić information content (AvgIpc) is 2.62. The summed E-state index contributed by atoms with van der Waals surface area (Å²) in [5, 5.41) is 0. The molecular formula is C20H21F2NO2S. The molecular weight excluding hydrogens is 356 g/mol. The fourth-order valence-corrected chi connectivity index (χ4v) is 4.63. The molecule has 3 nitrogen and oxygen atoms in total. The van der Waals surface area contributed by atoms with Gasteiger partial charge in [-0.15, -0.1) is 0 Å². The molecule has 1 fully saturated rings. The van der Waals surface area contributed by atoms with Crippen molar-refractivity contribution in [1.29, 1.82) is 0 Å². The first-order chi connectivity index (χ1) is 12.4. The highest BCUT2D eigenvalue weighted by Gasteiger charge is 2.22. The third kappa shape index (κ3) is 4.36. The molecule has 6 heteroatoms. The minimum atomic E-state index is -1.13. The van der Waals surface area contributed by atoms with E-state index >= 15 is 0 Å². The molecule has 0 radical (unpaired) electrons. The number of amides is 1. The van der Waals surface area contributed by atoms with Gasteiger partial charge in [-0.05, 0) is 48.6 Å². The summed E-state index contributed by atoms with van der Waals surface area (Å²) in [4.78, 5) is 13.9. The van der Waals surface area contributed by atoms with E-state index in [2.05, 4.69) is 0 Å². The zero-order chi connectivity index (χ0) is 18.7. The molecule has 0 aliphatic carbocycles. The molecule has 0 aromatic heterocycles. The molecule has 0 N–H and O–H groups in total. The van der Waals surface area contributed by atoms with Crippen molar-refractivity contribution in [2.24, 2.45) is 5.92 Å². The number of nitrogens with zero attached hydrogens (tertiary/aromatic N) is 1. The zero-order valence-corrected chi connectivity index (χ0v) is 15.4. The fraction of sp³-hybridized carbons (Fsp3) is 0.350. The fourth-order valence-electron chi connectivity index (χ4n) is 3.23. The Morgan fingerprint density at radius 3 is 2.35 bits per heavy atom. The van der Waals surface area contributed by atoms with Crippen LogP contribution < -0.4 is 0 Å². The summed E-state index contributed by atoms with van der Waals surface area (Å²) in [5.41, 5.74) is 0.943. The third-order valence-electron chi connectivity index (χ3n) is 4.81. The zero-order valence-electron chi connectivity index (χ0n) is 14.6. The minimum absolute atomic E-state index is 0.0909. The van der Waals surface area contributed by atoms with E-state index in [1.54, 1.807) is 31.2 Å². The number of likely N-dealkylation sites (tertiary alicyclic amines) is 1. The van der Waals surface area contributed by atoms with E-state index in [0.29, 0.717) is 27.7 Å². The number of piperidine rings is 1. The van der Waals surface area contributed by atoms with E-state index in [4.69, 9.17) is 0 Å². The van der Waals surface area contributed by atoms with Crippen LogP contribution in [0.15, 0.2) is 47.4 Å². The van der Waals surface area contributed by atoms with Crippen molar-refractivity contribution in [3.63, 3.8) is 0 Å². The first-order valence-electron chi connectivity index (χ1n) is 8.63. The molecule has 1 aliphatic heterocycles. The van der Waals surface area contributed by atoms with Gasteiger partial charge in [-0.2, -0.15) is 0 Å². The highest BCUT2D eigenvalue weighted by atomic mass is 32.2. The van der Waals surface area contributed by atoms with Crippen molar-refractivity contribution in [3.8, 4) is 11.1 Å². The first kappa shape index (κ1) is 18.7. The van der Waals surface area contributed by atoms with E-state index in [1.165, 1.54) is 12.1 Å². The lowest BCUT2D eigenvalue weighted by Gasteiger charge is -2.31. The number of halogens is 2. The number of benzene rings is 2. The summed E-state index contributed by atoms with van der Waals surface area (Å²) < 4.78 is 39.5. The molecule has 1 atom stereocenters. The van der Waals surface area contributed by atoms with Crippen molar-refractivity contribution in [1.82, 2.24) is 4.90 Å². The summed E-state index contributed by atoms with van der Waals surface area (Å²) in [7, 11) is -1.13. The average molecular weight is 377 g/mol. The second-order valence-corrected chi connectivity index (χ2v) is 8.11. The van der Waals surface area contributed by atoms with E-state index in [9.17, 15) is 17.8 Å². The molecule has 138 valence electrons. The summed E-state index contributed by atoms with van der Waals surface area (Å²) in [6, 6.07) is 10.4. The molecule has 0 bridgehead atoms. The second-order valence-electron chi connectivity index (χ2n) is 6.61. The lowest BCUT2D eigenvalue weighted by molar-refractivity contribution is -0.130. The molecule has 3 rings (SSSR count).